The van der Waals surface area contributed by atoms with E-state index in [4.69, 9.17) is 28.3 Å². The van der Waals surface area contributed by atoms with Crippen LogP contribution in [0.5, 0.6) is 0 Å². The number of hydrogen-bond acceptors (Lipinski definition) is 2. The van der Waals surface area contributed by atoms with Crippen LogP contribution in [0.3, 0.4) is 0 Å². The molecular weight excluding hydrogens is 273 g/mol. The van der Waals surface area contributed by atoms with Crippen LogP contribution in [0, 0.1) is 5.92 Å². The van der Waals surface area contributed by atoms with E-state index in [1.54, 1.807) is 18.2 Å². The number of benzene rings is 1. The van der Waals surface area contributed by atoms with Crippen molar-refractivity contribution in [1.29, 1.82) is 0 Å². The predicted molar refractivity (Wildman–Crippen MR) is 74.3 cm³/mol. The van der Waals surface area contributed by atoms with E-state index in [0.717, 1.165) is 6.42 Å². The zero-order valence-corrected chi connectivity index (χ0v) is 11.8. The molecule has 0 heterocycles. The number of amides is 1. The van der Waals surface area contributed by atoms with Gasteiger partial charge in [0.1, 0.15) is 0 Å². The molecule has 0 saturated heterocycles. The molecule has 5 heteroatoms. The van der Waals surface area contributed by atoms with Crippen LogP contribution >= 0.6 is 23.2 Å². The fourth-order valence-electron chi connectivity index (χ4n) is 1.66. The van der Waals surface area contributed by atoms with Gasteiger partial charge in [0, 0.05) is 28.8 Å². The van der Waals surface area contributed by atoms with Crippen molar-refractivity contribution in [2.45, 2.75) is 19.8 Å². The summed E-state index contributed by atoms with van der Waals surface area (Å²) in [5, 5.41) is 12.6. The fourth-order valence-corrected chi connectivity index (χ4v) is 2.18. The molecule has 1 amide bonds. The summed E-state index contributed by atoms with van der Waals surface area (Å²) in [7, 11) is 0. The van der Waals surface area contributed by atoms with E-state index >= 15 is 0 Å². The summed E-state index contributed by atoms with van der Waals surface area (Å²) in [6.07, 6.45) is 1.60. The molecule has 0 aromatic heterocycles. The van der Waals surface area contributed by atoms with Crippen LogP contribution in [-0.4, -0.2) is 24.2 Å². The molecule has 18 heavy (non-hydrogen) atoms. The highest BCUT2D eigenvalue weighted by molar-refractivity contribution is 6.35. The van der Waals surface area contributed by atoms with Crippen LogP contribution < -0.4 is 5.32 Å². The highest BCUT2D eigenvalue weighted by Gasteiger charge is 2.11. The molecule has 1 atom stereocenters. The topological polar surface area (TPSA) is 49.3 Å². The third-order valence-electron chi connectivity index (χ3n) is 2.79. The fraction of sp³-hybridized carbons (Fsp3) is 0.462. The maximum absolute atomic E-state index is 11.9. The Morgan fingerprint density at radius 3 is 2.44 bits per heavy atom. The lowest BCUT2D eigenvalue weighted by molar-refractivity contribution is 0.0943. The molecule has 0 fully saturated rings. The molecule has 1 rings (SSSR count). The first-order chi connectivity index (χ1) is 8.56. The first-order valence-electron chi connectivity index (χ1n) is 5.92. The van der Waals surface area contributed by atoms with Gasteiger partial charge in [-0.1, -0.05) is 36.5 Å². The average molecular weight is 290 g/mol. The van der Waals surface area contributed by atoms with E-state index in [-0.39, 0.29) is 18.4 Å². The molecule has 1 aromatic rings. The average Bonchev–Trinajstić information content (AvgIpc) is 2.32. The number of aliphatic hydroxyl groups excluding tert-OH is 1. The van der Waals surface area contributed by atoms with E-state index in [1.807, 2.05) is 6.92 Å². The Hall–Kier alpha value is -0.770. The largest absolute Gasteiger partial charge is 0.396 e. The van der Waals surface area contributed by atoms with Gasteiger partial charge in [-0.25, -0.2) is 0 Å². The summed E-state index contributed by atoms with van der Waals surface area (Å²) in [6, 6.07) is 4.74. The minimum atomic E-state index is -0.198. The molecule has 100 valence electrons. The quantitative estimate of drug-likeness (QED) is 0.845. The van der Waals surface area contributed by atoms with Crippen LogP contribution in [0.4, 0.5) is 0 Å². The summed E-state index contributed by atoms with van der Waals surface area (Å²) in [5.41, 5.74) is 0.450. The minimum Gasteiger partial charge on any atom is -0.396 e. The van der Waals surface area contributed by atoms with Crippen LogP contribution in [0.1, 0.15) is 30.1 Å². The van der Waals surface area contributed by atoms with E-state index in [0.29, 0.717) is 28.6 Å². The zero-order valence-electron chi connectivity index (χ0n) is 10.2. The molecule has 0 aliphatic heterocycles. The summed E-state index contributed by atoms with van der Waals surface area (Å²) < 4.78 is 0. The third kappa shape index (κ3) is 4.84. The van der Waals surface area contributed by atoms with Crippen molar-refractivity contribution in [1.82, 2.24) is 5.32 Å². The van der Waals surface area contributed by atoms with Gasteiger partial charge in [-0.3, -0.25) is 4.79 Å². The van der Waals surface area contributed by atoms with Gasteiger partial charge in [0.05, 0.1) is 0 Å². The molecule has 0 aliphatic rings. The molecule has 0 aliphatic carbocycles. The van der Waals surface area contributed by atoms with Gasteiger partial charge in [-0.05, 0) is 30.5 Å². The number of carbonyl (C=O) groups is 1. The van der Waals surface area contributed by atoms with Gasteiger partial charge in [0.15, 0.2) is 0 Å². The first kappa shape index (κ1) is 15.3. The smallest absolute Gasteiger partial charge is 0.251 e. The predicted octanol–water partition coefficient (Wildman–Crippen LogP) is 3.13. The molecule has 1 aromatic carbocycles. The molecule has 1 unspecified atom stereocenters. The molecule has 0 spiro atoms. The van der Waals surface area contributed by atoms with Crippen molar-refractivity contribution < 1.29 is 9.90 Å². The monoisotopic (exact) mass is 289 g/mol. The van der Waals surface area contributed by atoms with Gasteiger partial charge in [-0.15, -0.1) is 0 Å². The Labute approximate surface area is 117 Å². The first-order valence-corrected chi connectivity index (χ1v) is 6.67. The van der Waals surface area contributed by atoms with Crippen molar-refractivity contribution >= 4 is 29.1 Å². The van der Waals surface area contributed by atoms with E-state index < -0.39 is 0 Å². The van der Waals surface area contributed by atoms with E-state index in [1.165, 1.54) is 0 Å². The molecule has 2 N–H and O–H groups in total. The van der Waals surface area contributed by atoms with Gasteiger partial charge < -0.3 is 10.4 Å². The Bertz CT molecular complexity index is 390. The van der Waals surface area contributed by atoms with Crippen LogP contribution in [0.15, 0.2) is 18.2 Å². The van der Waals surface area contributed by atoms with Crippen LogP contribution in [-0.2, 0) is 0 Å². The van der Waals surface area contributed by atoms with Gasteiger partial charge >= 0.3 is 0 Å². The highest BCUT2D eigenvalue weighted by Crippen LogP contribution is 2.19. The summed E-state index contributed by atoms with van der Waals surface area (Å²) in [6.45, 7) is 2.71. The molecule has 3 nitrogen and oxygen atoms in total. The Balaban J connectivity index is 2.59. The number of nitrogens with one attached hydrogen (secondary N) is 1. The number of carbonyl (C=O) groups excluding carboxylic acids is 1. The third-order valence-corrected chi connectivity index (χ3v) is 3.23. The SMILES string of the molecule is CCC(CCO)CNC(=O)c1cc(Cl)cc(Cl)c1. The number of aliphatic hydroxyl groups is 1. The Morgan fingerprint density at radius 2 is 1.94 bits per heavy atom. The molecule has 0 saturated carbocycles. The maximum atomic E-state index is 11.9. The summed E-state index contributed by atoms with van der Waals surface area (Å²) in [4.78, 5) is 11.9. The molecule has 0 bridgehead atoms. The molecule has 0 radical (unpaired) electrons. The minimum absolute atomic E-state index is 0.136. The Morgan fingerprint density at radius 1 is 1.33 bits per heavy atom. The number of hydrogen-bond donors (Lipinski definition) is 2. The Kier molecular flexibility index (Phi) is 6.47. The second-order valence-corrected chi connectivity index (χ2v) is 5.03. The zero-order chi connectivity index (χ0) is 13.5. The van der Waals surface area contributed by atoms with Crippen molar-refractivity contribution in [2.24, 2.45) is 5.92 Å². The second kappa shape index (κ2) is 7.62. The number of halogens is 2. The van der Waals surface area contributed by atoms with Gasteiger partial charge in [-0.2, -0.15) is 0 Å². The van der Waals surface area contributed by atoms with Crippen LogP contribution in [0.25, 0.3) is 0 Å². The van der Waals surface area contributed by atoms with Gasteiger partial charge in [0.25, 0.3) is 5.91 Å². The number of rotatable bonds is 6. The van der Waals surface area contributed by atoms with Crippen LogP contribution in [0.2, 0.25) is 10.0 Å². The lowest BCUT2D eigenvalue weighted by Crippen LogP contribution is -2.29. The highest BCUT2D eigenvalue weighted by atomic mass is 35.5. The second-order valence-electron chi connectivity index (χ2n) is 4.15. The van der Waals surface area contributed by atoms with Crippen molar-refractivity contribution in [3.05, 3.63) is 33.8 Å². The van der Waals surface area contributed by atoms with Gasteiger partial charge in [0.2, 0.25) is 0 Å². The standard InChI is InChI=1S/C13H17Cl2NO2/c1-2-9(3-4-17)8-16-13(18)10-5-11(14)7-12(15)6-10/h5-7,9,17H,2-4,8H2,1H3,(H,16,18). The lowest BCUT2D eigenvalue weighted by Gasteiger charge is -2.14. The van der Waals surface area contributed by atoms with Crippen molar-refractivity contribution in [2.75, 3.05) is 13.2 Å². The van der Waals surface area contributed by atoms with E-state index in [2.05, 4.69) is 5.32 Å². The lowest BCUT2D eigenvalue weighted by atomic mass is 10.0. The van der Waals surface area contributed by atoms with Crippen molar-refractivity contribution in [3.63, 3.8) is 0 Å². The van der Waals surface area contributed by atoms with E-state index in [9.17, 15) is 4.79 Å². The van der Waals surface area contributed by atoms with Crippen molar-refractivity contribution in [3.8, 4) is 0 Å². The summed E-state index contributed by atoms with van der Waals surface area (Å²) in [5.74, 6) is 0.0874. The molecular formula is C13H17Cl2NO2. The summed E-state index contributed by atoms with van der Waals surface area (Å²) >= 11 is 11.7. The normalized spacial score (nSPS) is 12.2. The maximum Gasteiger partial charge on any atom is 0.251 e.